The summed E-state index contributed by atoms with van der Waals surface area (Å²) < 4.78 is 22.4. The first kappa shape index (κ1) is 17.7. The van der Waals surface area contributed by atoms with Crippen LogP contribution < -0.4 is 5.32 Å². The van der Waals surface area contributed by atoms with Crippen LogP contribution in [0.2, 0.25) is 0 Å². The molecule has 23 heavy (non-hydrogen) atoms. The van der Waals surface area contributed by atoms with Crippen LogP contribution in [0, 0.1) is 17.0 Å². The normalized spacial score (nSPS) is 17.1. The largest absolute Gasteiger partial charge is 0.382 e. The van der Waals surface area contributed by atoms with Crippen molar-refractivity contribution in [2.45, 2.75) is 25.8 Å². The van der Waals surface area contributed by atoms with Gasteiger partial charge in [-0.25, -0.2) is 8.42 Å². The van der Waals surface area contributed by atoms with Gasteiger partial charge in [0.25, 0.3) is 5.69 Å². The molecular weight excluding hydrogens is 318 g/mol. The number of nitro benzene ring substituents is 1. The summed E-state index contributed by atoms with van der Waals surface area (Å²) in [6.07, 6.45) is 3.12. The highest BCUT2D eigenvalue weighted by Crippen LogP contribution is 2.24. The molecule has 1 aromatic carbocycles. The Bertz CT molecular complexity index is 667. The highest BCUT2D eigenvalue weighted by Gasteiger charge is 2.20. The predicted molar refractivity (Wildman–Crippen MR) is 90.6 cm³/mol. The highest BCUT2D eigenvalue weighted by molar-refractivity contribution is 7.90. The van der Waals surface area contributed by atoms with Crippen molar-refractivity contribution in [2.24, 2.45) is 0 Å². The van der Waals surface area contributed by atoms with Crippen LogP contribution in [0.25, 0.3) is 0 Å². The second-order valence-electron chi connectivity index (χ2n) is 6.15. The maximum absolute atomic E-state index is 11.2. The van der Waals surface area contributed by atoms with E-state index in [1.54, 1.807) is 12.1 Å². The number of aryl methyl sites for hydroxylation is 1. The molecule has 0 aromatic heterocycles. The lowest BCUT2D eigenvalue weighted by atomic mass is 10.0. The van der Waals surface area contributed by atoms with Gasteiger partial charge in [0.1, 0.15) is 9.84 Å². The summed E-state index contributed by atoms with van der Waals surface area (Å²) in [5.74, 6) is 0.201. The summed E-state index contributed by atoms with van der Waals surface area (Å²) in [5.41, 5.74) is 1.88. The van der Waals surface area contributed by atoms with Crippen molar-refractivity contribution in [2.75, 3.05) is 37.0 Å². The Morgan fingerprint density at radius 3 is 2.52 bits per heavy atom. The third-order valence-electron chi connectivity index (χ3n) is 4.15. The number of sulfone groups is 1. The van der Waals surface area contributed by atoms with Crippen LogP contribution >= 0.6 is 0 Å². The van der Waals surface area contributed by atoms with Gasteiger partial charge in [0, 0.05) is 49.8 Å². The first-order valence-corrected chi connectivity index (χ1v) is 9.72. The minimum Gasteiger partial charge on any atom is -0.382 e. The van der Waals surface area contributed by atoms with Gasteiger partial charge < -0.3 is 10.2 Å². The van der Waals surface area contributed by atoms with E-state index in [1.165, 1.54) is 12.3 Å². The van der Waals surface area contributed by atoms with Crippen LogP contribution in [-0.2, 0) is 9.84 Å². The molecule has 1 N–H and O–H groups in total. The number of piperidine rings is 1. The van der Waals surface area contributed by atoms with Crippen LogP contribution in [0.15, 0.2) is 18.2 Å². The van der Waals surface area contributed by atoms with E-state index in [9.17, 15) is 18.5 Å². The van der Waals surface area contributed by atoms with Crippen molar-refractivity contribution in [1.82, 2.24) is 4.90 Å². The van der Waals surface area contributed by atoms with Gasteiger partial charge in [-0.2, -0.15) is 0 Å². The van der Waals surface area contributed by atoms with Crippen molar-refractivity contribution in [3.63, 3.8) is 0 Å². The van der Waals surface area contributed by atoms with Gasteiger partial charge >= 0.3 is 0 Å². The summed E-state index contributed by atoms with van der Waals surface area (Å²) in [7, 11) is -2.91. The molecule has 1 saturated heterocycles. The zero-order chi connectivity index (χ0) is 17.0. The van der Waals surface area contributed by atoms with Crippen molar-refractivity contribution < 1.29 is 13.3 Å². The fourth-order valence-corrected chi connectivity index (χ4v) is 3.33. The molecule has 7 nitrogen and oxygen atoms in total. The molecule has 0 saturated carbocycles. The molecule has 1 aliphatic rings. The van der Waals surface area contributed by atoms with Crippen molar-refractivity contribution in [3.05, 3.63) is 33.9 Å². The summed E-state index contributed by atoms with van der Waals surface area (Å²) in [6.45, 7) is 4.16. The number of benzene rings is 1. The summed E-state index contributed by atoms with van der Waals surface area (Å²) in [6, 6.07) is 5.15. The standard InChI is InChI=1S/C15H23N3O4S/c1-12-11-14(18(19)20)3-4-15(12)16-13-5-7-17(8-6-13)9-10-23(2,21)22/h3-4,11,13,16H,5-10H2,1-2H3. The lowest BCUT2D eigenvalue weighted by Gasteiger charge is -2.33. The maximum atomic E-state index is 11.2. The van der Waals surface area contributed by atoms with Gasteiger partial charge in [-0.3, -0.25) is 10.1 Å². The Hall–Kier alpha value is -1.67. The van der Waals surface area contributed by atoms with Gasteiger partial charge in [-0.1, -0.05) is 0 Å². The van der Waals surface area contributed by atoms with Gasteiger partial charge in [0.2, 0.25) is 0 Å². The molecule has 0 bridgehead atoms. The number of nitrogens with one attached hydrogen (secondary N) is 1. The fraction of sp³-hybridized carbons (Fsp3) is 0.600. The van der Waals surface area contributed by atoms with Crippen LogP contribution in [0.5, 0.6) is 0 Å². The number of anilines is 1. The second kappa shape index (κ2) is 7.27. The van der Waals surface area contributed by atoms with Crippen LogP contribution in [-0.4, -0.2) is 55.9 Å². The molecule has 1 heterocycles. The molecule has 128 valence electrons. The van der Waals surface area contributed by atoms with Gasteiger partial charge in [-0.05, 0) is 31.4 Å². The first-order chi connectivity index (χ1) is 10.7. The molecule has 0 spiro atoms. The van der Waals surface area contributed by atoms with Gasteiger partial charge in [0.05, 0.1) is 10.7 Å². The lowest BCUT2D eigenvalue weighted by molar-refractivity contribution is -0.384. The molecule has 0 atom stereocenters. The Kier molecular flexibility index (Phi) is 5.59. The Morgan fingerprint density at radius 2 is 2.00 bits per heavy atom. The van der Waals surface area contributed by atoms with Crippen molar-refractivity contribution in [1.29, 1.82) is 0 Å². The molecule has 1 aromatic rings. The van der Waals surface area contributed by atoms with E-state index < -0.39 is 14.8 Å². The van der Waals surface area contributed by atoms with E-state index in [0.29, 0.717) is 12.6 Å². The zero-order valence-corrected chi connectivity index (χ0v) is 14.3. The number of hydrogen-bond donors (Lipinski definition) is 1. The van der Waals surface area contributed by atoms with E-state index in [0.717, 1.165) is 37.2 Å². The quantitative estimate of drug-likeness (QED) is 0.627. The number of non-ortho nitro benzene ring substituents is 1. The van der Waals surface area contributed by atoms with Crippen molar-refractivity contribution >= 4 is 21.2 Å². The van der Waals surface area contributed by atoms with Gasteiger partial charge in [-0.15, -0.1) is 0 Å². The molecule has 2 rings (SSSR count). The average Bonchev–Trinajstić information content (AvgIpc) is 2.47. The third kappa shape index (κ3) is 5.47. The highest BCUT2D eigenvalue weighted by atomic mass is 32.2. The predicted octanol–water partition coefficient (Wildman–Crippen LogP) is 1.82. The molecular formula is C15H23N3O4S. The van der Waals surface area contributed by atoms with Crippen LogP contribution in [0.3, 0.4) is 0 Å². The Morgan fingerprint density at radius 1 is 1.35 bits per heavy atom. The second-order valence-corrected chi connectivity index (χ2v) is 8.41. The summed E-state index contributed by atoms with van der Waals surface area (Å²) in [5, 5.41) is 14.2. The molecule has 1 fully saturated rings. The Balaban J connectivity index is 1.86. The SMILES string of the molecule is Cc1cc([N+](=O)[O-])ccc1NC1CCN(CCS(C)(=O)=O)CC1. The fourth-order valence-electron chi connectivity index (χ4n) is 2.74. The number of nitro groups is 1. The molecule has 0 aliphatic carbocycles. The number of likely N-dealkylation sites (tertiary alicyclic amines) is 1. The average molecular weight is 341 g/mol. The topological polar surface area (TPSA) is 92.6 Å². The monoisotopic (exact) mass is 341 g/mol. The lowest BCUT2D eigenvalue weighted by Crippen LogP contribution is -2.41. The first-order valence-electron chi connectivity index (χ1n) is 7.66. The minimum absolute atomic E-state index is 0.101. The molecule has 0 radical (unpaired) electrons. The minimum atomic E-state index is -2.91. The van der Waals surface area contributed by atoms with Crippen molar-refractivity contribution in [3.8, 4) is 0 Å². The molecule has 0 amide bonds. The number of nitrogens with zero attached hydrogens (tertiary/aromatic N) is 2. The van der Waals surface area contributed by atoms with Crippen LogP contribution in [0.1, 0.15) is 18.4 Å². The number of hydrogen-bond acceptors (Lipinski definition) is 6. The summed E-state index contributed by atoms with van der Waals surface area (Å²) >= 11 is 0. The zero-order valence-electron chi connectivity index (χ0n) is 13.5. The molecule has 0 unspecified atom stereocenters. The molecule has 8 heteroatoms. The molecule has 1 aliphatic heterocycles. The van der Waals surface area contributed by atoms with E-state index >= 15 is 0 Å². The van der Waals surface area contributed by atoms with E-state index in [4.69, 9.17) is 0 Å². The van der Waals surface area contributed by atoms with E-state index in [2.05, 4.69) is 10.2 Å². The maximum Gasteiger partial charge on any atom is 0.269 e. The Labute approximate surface area is 136 Å². The van der Waals surface area contributed by atoms with E-state index in [-0.39, 0.29) is 11.4 Å². The summed E-state index contributed by atoms with van der Waals surface area (Å²) in [4.78, 5) is 12.5. The third-order valence-corrected chi connectivity index (χ3v) is 5.07. The smallest absolute Gasteiger partial charge is 0.269 e. The van der Waals surface area contributed by atoms with E-state index in [1.807, 2.05) is 6.92 Å². The number of rotatable bonds is 6. The van der Waals surface area contributed by atoms with Crippen LogP contribution in [0.4, 0.5) is 11.4 Å². The van der Waals surface area contributed by atoms with Gasteiger partial charge in [0.15, 0.2) is 0 Å².